The third kappa shape index (κ3) is 6.00. The van der Waals surface area contributed by atoms with E-state index < -0.39 is 4.92 Å². The van der Waals surface area contributed by atoms with Crippen molar-refractivity contribution in [3.8, 4) is 0 Å². The van der Waals surface area contributed by atoms with Gasteiger partial charge in [0.25, 0.3) is 5.69 Å². The lowest BCUT2D eigenvalue weighted by Crippen LogP contribution is -2.39. The van der Waals surface area contributed by atoms with E-state index in [1.165, 1.54) is 18.3 Å². The Kier molecular flexibility index (Phi) is 7.19. The summed E-state index contributed by atoms with van der Waals surface area (Å²) < 4.78 is 0. The van der Waals surface area contributed by atoms with Crippen molar-refractivity contribution in [2.75, 3.05) is 13.1 Å². The summed E-state index contributed by atoms with van der Waals surface area (Å²) in [5, 5.41) is 15.6. The first kappa shape index (κ1) is 21.2. The van der Waals surface area contributed by atoms with Gasteiger partial charge in [0, 0.05) is 24.6 Å². The first-order chi connectivity index (χ1) is 13.9. The molecule has 0 bridgehead atoms. The third-order valence-corrected chi connectivity index (χ3v) is 5.58. The molecular formula is C20H20Cl2N4O3. The summed E-state index contributed by atoms with van der Waals surface area (Å²) in [5.74, 6) is -0.189. The zero-order valence-corrected chi connectivity index (χ0v) is 17.1. The Balaban J connectivity index is 1.44. The van der Waals surface area contributed by atoms with E-state index in [2.05, 4.69) is 15.4 Å². The minimum Gasteiger partial charge on any atom is -0.299 e. The molecule has 3 rings (SSSR count). The highest BCUT2D eigenvalue weighted by molar-refractivity contribution is 6.42. The standard InChI is InChI=1S/C20H20Cl2N4O3/c21-18-6-3-15(11-19(18)22)12-23-24-20(27)16-7-9-25(10-8-16)13-14-1-4-17(5-2-14)26(28)29/h1-6,11-12,16H,7-10,13H2,(H,24,27)/b23-12-. The number of likely N-dealkylation sites (tertiary alicyclic amines) is 1. The van der Waals surface area contributed by atoms with Crippen molar-refractivity contribution < 1.29 is 9.72 Å². The van der Waals surface area contributed by atoms with Crippen molar-refractivity contribution in [2.45, 2.75) is 19.4 Å². The first-order valence-corrected chi connectivity index (χ1v) is 9.91. The predicted molar refractivity (Wildman–Crippen MR) is 113 cm³/mol. The van der Waals surface area contributed by atoms with Gasteiger partial charge in [0.2, 0.25) is 5.91 Å². The number of rotatable bonds is 6. The van der Waals surface area contributed by atoms with Crippen LogP contribution in [0.15, 0.2) is 47.6 Å². The molecule has 1 amide bonds. The van der Waals surface area contributed by atoms with Crippen LogP contribution in [0.1, 0.15) is 24.0 Å². The van der Waals surface area contributed by atoms with Crippen LogP contribution in [0.5, 0.6) is 0 Å². The fourth-order valence-electron chi connectivity index (χ4n) is 3.19. The van der Waals surface area contributed by atoms with Crippen molar-refractivity contribution in [2.24, 2.45) is 11.0 Å². The molecule has 0 atom stereocenters. The number of non-ortho nitro benzene ring substituents is 1. The number of nitro groups is 1. The average Bonchev–Trinajstić information content (AvgIpc) is 2.71. The highest BCUT2D eigenvalue weighted by Crippen LogP contribution is 2.22. The number of carbonyl (C=O) groups is 1. The summed E-state index contributed by atoms with van der Waals surface area (Å²) in [5.41, 5.74) is 4.44. The van der Waals surface area contributed by atoms with E-state index in [1.807, 2.05) is 0 Å². The van der Waals surface area contributed by atoms with Gasteiger partial charge in [0.05, 0.1) is 21.2 Å². The largest absolute Gasteiger partial charge is 0.299 e. The van der Waals surface area contributed by atoms with E-state index in [9.17, 15) is 14.9 Å². The second kappa shape index (κ2) is 9.82. The van der Waals surface area contributed by atoms with Crippen LogP contribution in [0, 0.1) is 16.0 Å². The summed E-state index contributed by atoms with van der Waals surface area (Å²) in [6.45, 7) is 2.28. The van der Waals surface area contributed by atoms with Crippen LogP contribution >= 0.6 is 23.2 Å². The summed E-state index contributed by atoms with van der Waals surface area (Å²) in [6.07, 6.45) is 3.01. The second-order valence-corrected chi connectivity index (χ2v) is 7.70. The average molecular weight is 435 g/mol. The highest BCUT2D eigenvalue weighted by atomic mass is 35.5. The van der Waals surface area contributed by atoms with E-state index >= 15 is 0 Å². The normalized spacial score (nSPS) is 15.5. The maximum absolute atomic E-state index is 12.3. The minimum absolute atomic E-state index is 0.0885. The number of benzene rings is 2. The van der Waals surface area contributed by atoms with E-state index in [4.69, 9.17) is 23.2 Å². The van der Waals surface area contributed by atoms with Gasteiger partial charge in [-0.1, -0.05) is 41.4 Å². The predicted octanol–water partition coefficient (Wildman–Crippen LogP) is 4.26. The summed E-state index contributed by atoms with van der Waals surface area (Å²) in [4.78, 5) is 24.9. The van der Waals surface area contributed by atoms with Gasteiger partial charge in [0.1, 0.15) is 0 Å². The van der Waals surface area contributed by atoms with Gasteiger partial charge in [-0.05, 0) is 49.2 Å². The van der Waals surface area contributed by atoms with Crippen molar-refractivity contribution >= 4 is 41.0 Å². The van der Waals surface area contributed by atoms with Crippen LogP contribution in [0.3, 0.4) is 0 Å². The zero-order chi connectivity index (χ0) is 20.8. The molecule has 0 aromatic heterocycles. The zero-order valence-electron chi connectivity index (χ0n) is 15.6. The van der Waals surface area contributed by atoms with E-state index in [1.54, 1.807) is 30.3 Å². The number of nitro benzene ring substituents is 1. The molecule has 0 unspecified atom stereocenters. The van der Waals surface area contributed by atoms with Crippen LogP contribution in [0.4, 0.5) is 5.69 Å². The molecule has 0 spiro atoms. The maximum atomic E-state index is 12.3. The van der Waals surface area contributed by atoms with Crippen molar-refractivity contribution in [1.82, 2.24) is 10.3 Å². The Labute approximate surface area is 178 Å². The van der Waals surface area contributed by atoms with E-state index in [-0.39, 0.29) is 17.5 Å². The quantitative estimate of drug-likeness (QED) is 0.417. The Bertz CT molecular complexity index is 910. The molecule has 0 radical (unpaired) electrons. The number of amides is 1. The van der Waals surface area contributed by atoms with Gasteiger partial charge in [-0.3, -0.25) is 19.8 Å². The lowest BCUT2D eigenvalue weighted by atomic mass is 9.96. The highest BCUT2D eigenvalue weighted by Gasteiger charge is 2.24. The Morgan fingerprint density at radius 3 is 2.48 bits per heavy atom. The van der Waals surface area contributed by atoms with Crippen LogP contribution in [0.2, 0.25) is 10.0 Å². The SMILES string of the molecule is O=C(N/N=C\c1ccc(Cl)c(Cl)c1)C1CCN(Cc2ccc([N+](=O)[O-])cc2)CC1. The molecule has 1 heterocycles. The second-order valence-electron chi connectivity index (χ2n) is 6.88. The molecule has 0 aliphatic carbocycles. The molecule has 29 heavy (non-hydrogen) atoms. The van der Waals surface area contributed by atoms with Gasteiger partial charge in [0.15, 0.2) is 0 Å². The molecule has 152 valence electrons. The summed E-state index contributed by atoms with van der Waals surface area (Å²) in [6, 6.07) is 11.7. The number of nitrogens with zero attached hydrogens (tertiary/aromatic N) is 3. The molecule has 1 N–H and O–H groups in total. The van der Waals surface area contributed by atoms with Gasteiger partial charge >= 0.3 is 0 Å². The van der Waals surface area contributed by atoms with Crippen LogP contribution in [0.25, 0.3) is 0 Å². The molecule has 7 nitrogen and oxygen atoms in total. The molecule has 0 saturated carbocycles. The Hall–Kier alpha value is -2.48. The molecule has 9 heteroatoms. The smallest absolute Gasteiger partial charge is 0.269 e. The number of halogens is 2. The number of carbonyl (C=O) groups excluding carboxylic acids is 1. The first-order valence-electron chi connectivity index (χ1n) is 9.16. The van der Waals surface area contributed by atoms with Crippen LogP contribution in [-0.2, 0) is 11.3 Å². The molecule has 2 aromatic rings. The Morgan fingerprint density at radius 1 is 1.17 bits per heavy atom. The summed E-state index contributed by atoms with van der Waals surface area (Å²) in [7, 11) is 0. The third-order valence-electron chi connectivity index (χ3n) is 4.84. The molecule has 1 fully saturated rings. The number of piperidine rings is 1. The van der Waals surface area contributed by atoms with Gasteiger partial charge in [-0.25, -0.2) is 5.43 Å². The number of nitrogens with one attached hydrogen (secondary N) is 1. The number of hydrogen-bond acceptors (Lipinski definition) is 5. The van der Waals surface area contributed by atoms with E-state index in [0.29, 0.717) is 16.6 Å². The lowest BCUT2D eigenvalue weighted by Gasteiger charge is -2.30. The fraction of sp³-hybridized carbons (Fsp3) is 0.300. The monoisotopic (exact) mass is 434 g/mol. The summed E-state index contributed by atoms with van der Waals surface area (Å²) >= 11 is 11.8. The van der Waals surface area contributed by atoms with Crippen molar-refractivity contribution in [3.05, 3.63) is 73.8 Å². The number of hydrazone groups is 1. The molecule has 1 aliphatic heterocycles. The fourth-order valence-corrected chi connectivity index (χ4v) is 3.50. The van der Waals surface area contributed by atoms with Gasteiger partial charge in [-0.2, -0.15) is 5.10 Å². The molecular weight excluding hydrogens is 415 g/mol. The van der Waals surface area contributed by atoms with Crippen LogP contribution < -0.4 is 5.43 Å². The lowest BCUT2D eigenvalue weighted by molar-refractivity contribution is -0.384. The van der Waals surface area contributed by atoms with Crippen molar-refractivity contribution in [3.63, 3.8) is 0 Å². The number of hydrogen-bond donors (Lipinski definition) is 1. The van der Waals surface area contributed by atoms with Crippen molar-refractivity contribution in [1.29, 1.82) is 0 Å². The molecule has 1 aliphatic rings. The molecule has 2 aromatic carbocycles. The van der Waals surface area contributed by atoms with Gasteiger partial charge < -0.3 is 0 Å². The van der Waals surface area contributed by atoms with Gasteiger partial charge in [-0.15, -0.1) is 0 Å². The minimum atomic E-state index is -0.405. The van der Waals surface area contributed by atoms with E-state index in [0.717, 1.165) is 37.1 Å². The Morgan fingerprint density at radius 2 is 1.86 bits per heavy atom. The van der Waals surface area contributed by atoms with Crippen LogP contribution in [-0.4, -0.2) is 35.0 Å². The maximum Gasteiger partial charge on any atom is 0.269 e. The molecule has 1 saturated heterocycles. The topological polar surface area (TPSA) is 87.8 Å².